The summed E-state index contributed by atoms with van der Waals surface area (Å²) in [4.78, 5) is 12.8. The Labute approximate surface area is 217 Å². The molecule has 0 saturated carbocycles. The van der Waals surface area contributed by atoms with Gasteiger partial charge in [-0.2, -0.15) is 5.10 Å². The number of ether oxygens (including phenoxy) is 3. The molecule has 0 unspecified atom stereocenters. The van der Waals surface area contributed by atoms with Gasteiger partial charge in [0.2, 0.25) is 0 Å². The van der Waals surface area contributed by atoms with Crippen molar-refractivity contribution in [3.05, 3.63) is 77.9 Å². The molecule has 0 saturated heterocycles. The number of rotatable bonds is 11. The number of anilines is 1. The molecule has 0 aliphatic rings. The predicted octanol–water partition coefficient (Wildman–Crippen LogP) is 4.15. The Morgan fingerprint density at radius 3 is 2.22 bits per heavy atom. The van der Waals surface area contributed by atoms with Crippen molar-refractivity contribution in [1.82, 2.24) is 5.43 Å². The van der Waals surface area contributed by atoms with Crippen LogP contribution < -0.4 is 23.9 Å². The number of carbonyl (C=O) groups is 1. The first-order valence-corrected chi connectivity index (χ1v) is 13.0. The zero-order valence-corrected chi connectivity index (χ0v) is 22.3. The number of aryl methyl sites for hydroxylation is 1. The number of benzene rings is 3. The monoisotopic (exact) mass is 525 g/mol. The number of sulfonamides is 1. The second-order valence-electron chi connectivity index (χ2n) is 8.39. The molecular formula is C27H31N3O6S. The second-order valence-corrected chi connectivity index (χ2v) is 10.3. The molecule has 9 nitrogen and oxygen atoms in total. The summed E-state index contributed by atoms with van der Waals surface area (Å²) in [5.74, 6) is 0.856. The molecule has 196 valence electrons. The Morgan fingerprint density at radius 2 is 1.62 bits per heavy atom. The highest BCUT2D eigenvalue weighted by Crippen LogP contribution is 2.33. The predicted molar refractivity (Wildman–Crippen MR) is 143 cm³/mol. The topological polar surface area (TPSA) is 107 Å². The quantitative estimate of drug-likeness (QED) is 0.298. The standard InChI is InChI=1S/C27H31N3O6S/c1-19(2)36-23-11-8-21(9-12-23)17-28-29-27(31)18-30(22-10-15-25(34-4)26(16-22)35-5)37(32,33)24-13-6-20(3)7-14-24/h6-17,19H,18H2,1-5H3,(H,29,31)/b28-17-. The van der Waals surface area contributed by atoms with Crippen LogP contribution >= 0.6 is 0 Å². The molecule has 37 heavy (non-hydrogen) atoms. The smallest absolute Gasteiger partial charge is 0.264 e. The lowest BCUT2D eigenvalue weighted by atomic mass is 10.2. The van der Waals surface area contributed by atoms with Crippen LogP contribution in [0.1, 0.15) is 25.0 Å². The van der Waals surface area contributed by atoms with Crippen LogP contribution in [0.25, 0.3) is 0 Å². The van der Waals surface area contributed by atoms with E-state index in [4.69, 9.17) is 14.2 Å². The van der Waals surface area contributed by atoms with Crippen LogP contribution in [0.2, 0.25) is 0 Å². The number of hydrazone groups is 1. The van der Waals surface area contributed by atoms with Gasteiger partial charge in [-0.1, -0.05) is 17.7 Å². The average molecular weight is 526 g/mol. The van der Waals surface area contributed by atoms with Crippen LogP contribution in [0.4, 0.5) is 5.69 Å². The molecule has 0 aliphatic carbocycles. The van der Waals surface area contributed by atoms with Gasteiger partial charge in [-0.25, -0.2) is 13.8 Å². The molecule has 1 amide bonds. The highest BCUT2D eigenvalue weighted by Gasteiger charge is 2.28. The Kier molecular flexibility index (Phi) is 9.13. The SMILES string of the molecule is COc1ccc(N(CC(=O)N/N=C\c2ccc(OC(C)C)cc2)S(=O)(=O)c2ccc(C)cc2)cc1OC. The first-order valence-electron chi connectivity index (χ1n) is 11.5. The van der Waals surface area contributed by atoms with Gasteiger partial charge in [0.1, 0.15) is 12.3 Å². The number of carbonyl (C=O) groups excluding carboxylic acids is 1. The minimum absolute atomic E-state index is 0.0490. The zero-order chi connectivity index (χ0) is 27.0. The highest BCUT2D eigenvalue weighted by atomic mass is 32.2. The van der Waals surface area contributed by atoms with E-state index in [0.717, 1.165) is 21.2 Å². The number of hydrogen-bond acceptors (Lipinski definition) is 7. The lowest BCUT2D eigenvalue weighted by Gasteiger charge is -2.24. The van der Waals surface area contributed by atoms with Crippen LogP contribution in [-0.2, 0) is 14.8 Å². The number of methoxy groups -OCH3 is 2. The van der Waals surface area contributed by atoms with E-state index in [0.29, 0.717) is 11.5 Å². The van der Waals surface area contributed by atoms with Gasteiger partial charge in [-0.3, -0.25) is 9.10 Å². The number of nitrogens with zero attached hydrogens (tertiary/aromatic N) is 2. The van der Waals surface area contributed by atoms with Gasteiger partial charge in [0, 0.05) is 6.07 Å². The Hall–Kier alpha value is -4.05. The largest absolute Gasteiger partial charge is 0.493 e. The maximum absolute atomic E-state index is 13.6. The third-order valence-electron chi connectivity index (χ3n) is 5.21. The Bertz CT molecular complexity index is 1340. The molecule has 0 radical (unpaired) electrons. The second kappa shape index (κ2) is 12.3. The molecular weight excluding hydrogens is 494 g/mol. The van der Waals surface area contributed by atoms with Gasteiger partial charge in [-0.15, -0.1) is 0 Å². The first kappa shape index (κ1) is 27.5. The van der Waals surface area contributed by atoms with E-state index in [-0.39, 0.29) is 16.7 Å². The van der Waals surface area contributed by atoms with E-state index in [2.05, 4.69) is 10.5 Å². The van der Waals surface area contributed by atoms with Crippen molar-refractivity contribution in [3.63, 3.8) is 0 Å². The maximum Gasteiger partial charge on any atom is 0.264 e. The van der Waals surface area contributed by atoms with Gasteiger partial charge < -0.3 is 14.2 Å². The summed E-state index contributed by atoms with van der Waals surface area (Å²) >= 11 is 0. The summed E-state index contributed by atoms with van der Waals surface area (Å²) in [7, 11) is -1.16. The van der Waals surface area contributed by atoms with Gasteiger partial charge >= 0.3 is 0 Å². The Morgan fingerprint density at radius 1 is 0.973 bits per heavy atom. The third kappa shape index (κ3) is 7.23. The van der Waals surface area contributed by atoms with Crippen molar-refractivity contribution in [2.75, 3.05) is 25.1 Å². The van der Waals surface area contributed by atoms with E-state index >= 15 is 0 Å². The fraction of sp³-hybridized carbons (Fsp3) is 0.259. The molecule has 1 N–H and O–H groups in total. The molecule has 3 aromatic rings. The maximum atomic E-state index is 13.6. The van der Waals surface area contributed by atoms with Crippen LogP contribution in [0, 0.1) is 6.92 Å². The molecule has 0 spiro atoms. The van der Waals surface area contributed by atoms with Crippen LogP contribution in [-0.4, -0.2) is 47.4 Å². The van der Waals surface area contributed by atoms with Crippen LogP contribution in [0.15, 0.2) is 76.7 Å². The van der Waals surface area contributed by atoms with Gasteiger partial charge in [0.05, 0.1) is 37.1 Å². The van der Waals surface area contributed by atoms with Crippen LogP contribution in [0.5, 0.6) is 17.2 Å². The Balaban J connectivity index is 1.83. The van der Waals surface area contributed by atoms with E-state index in [1.54, 1.807) is 48.5 Å². The van der Waals surface area contributed by atoms with Crippen molar-refractivity contribution in [2.24, 2.45) is 5.10 Å². The molecule has 10 heteroatoms. The van der Waals surface area contributed by atoms with Crippen molar-refractivity contribution in [2.45, 2.75) is 31.8 Å². The normalized spacial score (nSPS) is 11.4. The molecule has 3 aromatic carbocycles. The van der Waals surface area contributed by atoms with Gasteiger partial charge in [0.25, 0.3) is 15.9 Å². The number of amides is 1. The fourth-order valence-corrected chi connectivity index (χ4v) is 4.79. The zero-order valence-electron chi connectivity index (χ0n) is 21.5. The summed E-state index contributed by atoms with van der Waals surface area (Å²) in [6.07, 6.45) is 1.52. The first-order chi connectivity index (χ1) is 17.6. The van der Waals surface area contributed by atoms with Crippen molar-refractivity contribution in [1.29, 1.82) is 0 Å². The third-order valence-corrected chi connectivity index (χ3v) is 6.99. The van der Waals surface area contributed by atoms with Crippen molar-refractivity contribution in [3.8, 4) is 17.2 Å². The van der Waals surface area contributed by atoms with E-state index in [9.17, 15) is 13.2 Å². The molecule has 0 aliphatic heterocycles. The number of nitrogens with one attached hydrogen (secondary N) is 1. The molecule has 3 rings (SSSR count). The minimum Gasteiger partial charge on any atom is -0.493 e. The van der Waals surface area contributed by atoms with Crippen LogP contribution in [0.3, 0.4) is 0 Å². The lowest BCUT2D eigenvalue weighted by molar-refractivity contribution is -0.119. The van der Waals surface area contributed by atoms with Gasteiger partial charge in [-0.05, 0) is 74.9 Å². The molecule has 0 aromatic heterocycles. The fourth-order valence-electron chi connectivity index (χ4n) is 3.38. The van der Waals surface area contributed by atoms with Gasteiger partial charge in [0.15, 0.2) is 11.5 Å². The number of hydrogen-bond donors (Lipinski definition) is 1. The van der Waals surface area contributed by atoms with E-state index in [1.165, 1.54) is 38.6 Å². The molecule has 0 bridgehead atoms. The summed E-state index contributed by atoms with van der Waals surface area (Å²) in [5, 5.41) is 3.97. The lowest BCUT2D eigenvalue weighted by Crippen LogP contribution is -2.39. The molecule has 0 atom stereocenters. The van der Waals surface area contributed by atoms with Crippen molar-refractivity contribution >= 4 is 27.8 Å². The highest BCUT2D eigenvalue weighted by molar-refractivity contribution is 7.92. The summed E-state index contributed by atoms with van der Waals surface area (Å²) in [6.45, 7) is 5.23. The van der Waals surface area contributed by atoms with E-state index in [1.807, 2.05) is 20.8 Å². The summed E-state index contributed by atoms with van der Waals surface area (Å²) in [6, 6.07) is 18.2. The average Bonchev–Trinajstić information content (AvgIpc) is 2.87. The summed E-state index contributed by atoms with van der Waals surface area (Å²) < 4.78 is 44.3. The molecule has 0 heterocycles. The van der Waals surface area contributed by atoms with Crippen molar-refractivity contribution < 1.29 is 27.4 Å². The molecule has 0 fully saturated rings. The minimum atomic E-state index is -4.09. The van der Waals surface area contributed by atoms with E-state index < -0.39 is 22.5 Å². The summed E-state index contributed by atoms with van der Waals surface area (Å²) in [5.41, 5.74) is 4.28.